The van der Waals surface area contributed by atoms with E-state index in [4.69, 9.17) is 4.74 Å². The highest BCUT2D eigenvalue weighted by molar-refractivity contribution is 5.99. The van der Waals surface area contributed by atoms with Crippen molar-refractivity contribution in [1.82, 2.24) is 15.5 Å². The van der Waals surface area contributed by atoms with Gasteiger partial charge in [-0.1, -0.05) is 6.07 Å². The summed E-state index contributed by atoms with van der Waals surface area (Å²) in [6.07, 6.45) is 1.95. The molecular formula is C19H29N3O3. The van der Waals surface area contributed by atoms with Crippen molar-refractivity contribution in [2.45, 2.75) is 19.8 Å². The van der Waals surface area contributed by atoms with Crippen molar-refractivity contribution in [3.05, 3.63) is 35.4 Å². The molecule has 0 saturated carbocycles. The van der Waals surface area contributed by atoms with Gasteiger partial charge in [-0.2, -0.15) is 0 Å². The Hall–Kier alpha value is -1.92. The van der Waals surface area contributed by atoms with Gasteiger partial charge >= 0.3 is 0 Å². The Balaban J connectivity index is 2.04. The van der Waals surface area contributed by atoms with Crippen LogP contribution in [0.2, 0.25) is 0 Å². The van der Waals surface area contributed by atoms with Crippen LogP contribution in [-0.4, -0.2) is 63.7 Å². The molecule has 2 N–H and O–H groups in total. The fourth-order valence-corrected chi connectivity index (χ4v) is 3.16. The first-order chi connectivity index (χ1) is 12.0. The summed E-state index contributed by atoms with van der Waals surface area (Å²) in [5, 5.41) is 6.37. The molecule has 1 aromatic rings. The second-order valence-electron chi connectivity index (χ2n) is 6.77. The maximum atomic E-state index is 12.6. The Labute approximate surface area is 149 Å². The number of methoxy groups -OCH3 is 1. The lowest BCUT2D eigenvalue weighted by Crippen LogP contribution is -2.47. The van der Waals surface area contributed by atoms with E-state index in [0.717, 1.165) is 25.9 Å². The normalized spacial score (nSPS) is 16.3. The molecule has 0 aromatic heterocycles. The number of nitrogens with zero attached hydrogens (tertiary/aromatic N) is 1. The molecule has 1 aromatic carbocycles. The maximum Gasteiger partial charge on any atom is 0.253 e. The molecule has 2 amide bonds. The van der Waals surface area contributed by atoms with Crippen LogP contribution in [0, 0.1) is 5.41 Å². The number of ether oxygens (including phenoxy) is 1. The average molecular weight is 347 g/mol. The monoisotopic (exact) mass is 347 g/mol. The third-order valence-corrected chi connectivity index (χ3v) is 4.93. The highest BCUT2D eigenvalue weighted by Gasteiger charge is 2.32. The molecule has 0 spiro atoms. The first kappa shape index (κ1) is 19.4. The van der Waals surface area contributed by atoms with Gasteiger partial charge in [-0.05, 0) is 51.1 Å². The Morgan fingerprint density at radius 1 is 1.28 bits per heavy atom. The molecule has 0 aliphatic carbocycles. The third-order valence-electron chi connectivity index (χ3n) is 4.93. The summed E-state index contributed by atoms with van der Waals surface area (Å²) in [5.74, 6) is -0.228. The molecule has 138 valence electrons. The van der Waals surface area contributed by atoms with E-state index in [1.54, 1.807) is 43.3 Å². The van der Waals surface area contributed by atoms with E-state index in [0.29, 0.717) is 30.8 Å². The minimum Gasteiger partial charge on any atom is -0.384 e. The Morgan fingerprint density at radius 2 is 1.96 bits per heavy atom. The van der Waals surface area contributed by atoms with E-state index in [1.165, 1.54) is 0 Å². The topological polar surface area (TPSA) is 70.7 Å². The number of rotatable bonds is 7. The van der Waals surface area contributed by atoms with Crippen LogP contribution < -0.4 is 10.6 Å². The minimum atomic E-state index is -0.150. The highest BCUT2D eigenvalue weighted by atomic mass is 16.5. The lowest BCUT2D eigenvalue weighted by Gasteiger charge is -2.37. The number of hydrogen-bond donors (Lipinski definition) is 2. The second-order valence-corrected chi connectivity index (χ2v) is 6.77. The first-order valence-electron chi connectivity index (χ1n) is 8.85. The van der Waals surface area contributed by atoms with Crippen molar-refractivity contribution in [3.63, 3.8) is 0 Å². The summed E-state index contributed by atoms with van der Waals surface area (Å²) in [7, 11) is 3.45. The Morgan fingerprint density at radius 3 is 2.60 bits per heavy atom. The molecule has 1 aliphatic heterocycles. The molecule has 0 radical (unpaired) electrons. The van der Waals surface area contributed by atoms with Crippen molar-refractivity contribution in [2.75, 3.05) is 46.9 Å². The van der Waals surface area contributed by atoms with Crippen LogP contribution in [0.5, 0.6) is 0 Å². The fraction of sp³-hybridized carbons (Fsp3) is 0.579. The van der Waals surface area contributed by atoms with Crippen LogP contribution >= 0.6 is 0 Å². The van der Waals surface area contributed by atoms with Crippen molar-refractivity contribution in [3.8, 4) is 0 Å². The average Bonchev–Trinajstić information content (AvgIpc) is 2.66. The van der Waals surface area contributed by atoms with Gasteiger partial charge in [0.15, 0.2) is 0 Å². The molecule has 1 aliphatic rings. The molecule has 1 heterocycles. The highest BCUT2D eigenvalue weighted by Crippen LogP contribution is 2.28. The molecule has 0 unspecified atom stereocenters. The SMILES string of the molecule is CCN(C)C(=O)c1cccc(C(=O)NCC2(COC)CCNCC2)c1. The zero-order valence-electron chi connectivity index (χ0n) is 15.4. The van der Waals surface area contributed by atoms with Crippen LogP contribution in [0.15, 0.2) is 24.3 Å². The maximum absolute atomic E-state index is 12.6. The summed E-state index contributed by atoms with van der Waals surface area (Å²) in [6.45, 7) is 5.63. The molecule has 1 saturated heterocycles. The van der Waals surface area contributed by atoms with Crippen LogP contribution in [-0.2, 0) is 4.74 Å². The van der Waals surface area contributed by atoms with E-state index in [1.807, 2.05) is 6.92 Å². The van der Waals surface area contributed by atoms with Crippen LogP contribution in [0.1, 0.15) is 40.5 Å². The zero-order chi connectivity index (χ0) is 18.3. The van der Waals surface area contributed by atoms with Gasteiger partial charge in [0.25, 0.3) is 11.8 Å². The van der Waals surface area contributed by atoms with Gasteiger partial charge in [0.05, 0.1) is 6.61 Å². The molecule has 2 rings (SSSR count). The number of carbonyl (C=O) groups is 2. The largest absolute Gasteiger partial charge is 0.384 e. The van der Waals surface area contributed by atoms with E-state index < -0.39 is 0 Å². The quantitative estimate of drug-likeness (QED) is 0.785. The second kappa shape index (κ2) is 8.97. The number of benzene rings is 1. The van der Waals surface area contributed by atoms with Crippen LogP contribution in [0.25, 0.3) is 0 Å². The molecular weight excluding hydrogens is 318 g/mol. The fourth-order valence-electron chi connectivity index (χ4n) is 3.16. The molecule has 0 atom stereocenters. The number of nitrogens with one attached hydrogen (secondary N) is 2. The van der Waals surface area contributed by atoms with Gasteiger partial charge in [-0.25, -0.2) is 0 Å². The van der Waals surface area contributed by atoms with Crippen molar-refractivity contribution < 1.29 is 14.3 Å². The Kier molecular flexibility index (Phi) is 6.96. The van der Waals surface area contributed by atoms with Gasteiger partial charge < -0.3 is 20.3 Å². The van der Waals surface area contributed by atoms with Gasteiger partial charge in [0.1, 0.15) is 0 Å². The lowest BCUT2D eigenvalue weighted by molar-refractivity contribution is 0.0512. The number of carbonyl (C=O) groups excluding carboxylic acids is 2. The van der Waals surface area contributed by atoms with E-state index in [-0.39, 0.29) is 17.2 Å². The van der Waals surface area contributed by atoms with Crippen molar-refractivity contribution >= 4 is 11.8 Å². The summed E-state index contributed by atoms with van der Waals surface area (Å²) in [5.41, 5.74) is 1.02. The predicted octanol–water partition coefficient (Wildman–Crippen LogP) is 1.52. The van der Waals surface area contributed by atoms with Gasteiger partial charge in [-0.3, -0.25) is 9.59 Å². The lowest BCUT2D eigenvalue weighted by atomic mass is 9.79. The van der Waals surface area contributed by atoms with E-state index in [9.17, 15) is 9.59 Å². The summed E-state index contributed by atoms with van der Waals surface area (Å²) >= 11 is 0. The molecule has 6 heteroatoms. The smallest absolute Gasteiger partial charge is 0.253 e. The standard InChI is InChI=1S/C19H29N3O3/c1-4-22(2)18(24)16-7-5-6-15(12-16)17(23)21-13-19(14-25-3)8-10-20-11-9-19/h5-7,12,20H,4,8-11,13-14H2,1-3H3,(H,21,23). The predicted molar refractivity (Wildman–Crippen MR) is 97.8 cm³/mol. The first-order valence-corrected chi connectivity index (χ1v) is 8.85. The molecule has 0 bridgehead atoms. The molecule has 1 fully saturated rings. The summed E-state index contributed by atoms with van der Waals surface area (Å²) in [6, 6.07) is 6.89. The van der Waals surface area contributed by atoms with Gasteiger partial charge in [0.2, 0.25) is 0 Å². The summed E-state index contributed by atoms with van der Waals surface area (Å²) in [4.78, 5) is 26.4. The number of hydrogen-bond acceptors (Lipinski definition) is 4. The molecule has 25 heavy (non-hydrogen) atoms. The van der Waals surface area contributed by atoms with E-state index in [2.05, 4.69) is 10.6 Å². The minimum absolute atomic E-state index is 0.0223. The van der Waals surface area contributed by atoms with Crippen molar-refractivity contribution in [2.24, 2.45) is 5.41 Å². The Bertz CT molecular complexity index is 592. The van der Waals surface area contributed by atoms with Crippen molar-refractivity contribution in [1.29, 1.82) is 0 Å². The number of piperidine rings is 1. The van der Waals surface area contributed by atoms with E-state index >= 15 is 0 Å². The van der Waals surface area contributed by atoms with Gasteiger partial charge in [0, 0.05) is 43.8 Å². The molecule has 6 nitrogen and oxygen atoms in total. The van der Waals surface area contributed by atoms with Crippen LogP contribution in [0.4, 0.5) is 0 Å². The summed E-state index contributed by atoms with van der Waals surface area (Å²) < 4.78 is 5.38. The number of amides is 2. The zero-order valence-corrected chi connectivity index (χ0v) is 15.4. The van der Waals surface area contributed by atoms with Gasteiger partial charge in [-0.15, -0.1) is 0 Å². The van der Waals surface area contributed by atoms with Crippen LogP contribution in [0.3, 0.4) is 0 Å². The third kappa shape index (κ3) is 5.03.